The van der Waals surface area contributed by atoms with Crippen LogP contribution in [0.5, 0.6) is 0 Å². The molecule has 0 N–H and O–H groups in total. The SMILES string of the molecule is FC[C]Cl. The average molecular weight is 80.5 g/mol. The van der Waals surface area contributed by atoms with E-state index >= 15 is 0 Å². The molecule has 0 spiro atoms. The Morgan fingerprint density at radius 1 is 2.00 bits per heavy atom. The topological polar surface area (TPSA) is 0 Å². The summed E-state index contributed by atoms with van der Waals surface area (Å²) in [5, 5.41) is 0. The van der Waals surface area contributed by atoms with Crippen LogP contribution in [0.2, 0.25) is 0 Å². The van der Waals surface area contributed by atoms with Gasteiger partial charge in [0.2, 0.25) is 0 Å². The lowest BCUT2D eigenvalue weighted by molar-refractivity contribution is 0.553. The number of hydrogen-bond acceptors (Lipinski definition) is 0. The summed E-state index contributed by atoms with van der Waals surface area (Å²) in [6.45, 7) is -0.665. The third kappa shape index (κ3) is 2.22. The van der Waals surface area contributed by atoms with Crippen molar-refractivity contribution >= 4 is 11.6 Å². The van der Waals surface area contributed by atoms with Gasteiger partial charge in [-0.1, -0.05) is 0 Å². The first-order valence-electron chi connectivity index (χ1n) is 0.810. The summed E-state index contributed by atoms with van der Waals surface area (Å²) in [5.41, 5.74) is 0. The van der Waals surface area contributed by atoms with Gasteiger partial charge in [-0.05, 0) is 0 Å². The van der Waals surface area contributed by atoms with Crippen LogP contribution in [0.1, 0.15) is 0 Å². The lowest BCUT2D eigenvalue weighted by Gasteiger charge is -1.59. The Kier molecular flexibility index (Phi) is 3.40. The first-order valence-corrected chi connectivity index (χ1v) is 1.19. The van der Waals surface area contributed by atoms with Crippen molar-refractivity contribution in [3.63, 3.8) is 0 Å². The normalized spacial score (nSPS) is 7.50. The van der Waals surface area contributed by atoms with E-state index in [1.54, 1.807) is 5.88 Å². The molecule has 0 aliphatic carbocycles. The van der Waals surface area contributed by atoms with Crippen LogP contribution in [0, 0.1) is 5.88 Å². The highest BCUT2D eigenvalue weighted by atomic mass is 35.5. The Balaban J connectivity index is 1.97. The molecule has 4 heavy (non-hydrogen) atoms. The summed E-state index contributed by atoms with van der Waals surface area (Å²) in [4.78, 5) is 0. The molecule has 0 aliphatic heterocycles. The Morgan fingerprint density at radius 3 is 2.25 bits per heavy atom. The second-order valence-corrected chi connectivity index (χ2v) is 0.535. The van der Waals surface area contributed by atoms with Crippen LogP contribution < -0.4 is 0 Å². The summed E-state index contributed by atoms with van der Waals surface area (Å²) in [5.74, 6) is 1.74. The van der Waals surface area contributed by atoms with Crippen LogP contribution >= 0.6 is 11.6 Å². The minimum Gasteiger partial charge on any atom is -0.249 e. The molecule has 0 unspecified atom stereocenters. The molecule has 2 radical (unpaired) electrons. The van der Waals surface area contributed by atoms with Crippen LogP contribution in [0.15, 0.2) is 0 Å². The fraction of sp³-hybridized carbons (Fsp3) is 0.500. The van der Waals surface area contributed by atoms with Crippen molar-refractivity contribution < 1.29 is 4.39 Å². The monoisotopic (exact) mass is 80.0 g/mol. The van der Waals surface area contributed by atoms with Gasteiger partial charge >= 0.3 is 0 Å². The van der Waals surface area contributed by atoms with Gasteiger partial charge in [0.05, 0.1) is 0 Å². The summed E-state index contributed by atoms with van der Waals surface area (Å²) in [6, 6.07) is 0. The summed E-state index contributed by atoms with van der Waals surface area (Å²) in [7, 11) is 0. The quantitative estimate of drug-likeness (QED) is 0.444. The number of hydrogen-bond donors (Lipinski definition) is 0. The molecule has 0 bridgehead atoms. The third-order valence-corrected chi connectivity index (χ3v) is 0.152. The van der Waals surface area contributed by atoms with E-state index in [9.17, 15) is 4.39 Å². The standard InChI is InChI=1S/C2H2ClF/c3-1-2-4/h2H2. The fourth-order valence-electron chi connectivity index (χ4n) is 0. The first-order chi connectivity index (χ1) is 1.91. The van der Waals surface area contributed by atoms with Gasteiger partial charge in [-0.25, -0.2) is 4.39 Å². The van der Waals surface area contributed by atoms with Crippen LogP contribution in [0.25, 0.3) is 0 Å². The van der Waals surface area contributed by atoms with Crippen molar-refractivity contribution in [1.82, 2.24) is 0 Å². The highest BCUT2D eigenvalue weighted by Gasteiger charge is 1.66. The van der Waals surface area contributed by atoms with Crippen molar-refractivity contribution in [2.75, 3.05) is 6.67 Å². The van der Waals surface area contributed by atoms with Gasteiger partial charge in [0.1, 0.15) is 12.6 Å². The Labute approximate surface area is 29.6 Å². The molecule has 0 nitrogen and oxygen atoms in total. The maximum Gasteiger partial charge on any atom is 0.120 e. The van der Waals surface area contributed by atoms with Crippen molar-refractivity contribution in [3.8, 4) is 0 Å². The smallest absolute Gasteiger partial charge is 0.120 e. The number of halogens is 2. The van der Waals surface area contributed by atoms with Crippen LogP contribution in [0.4, 0.5) is 4.39 Å². The van der Waals surface area contributed by atoms with Crippen LogP contribution in [-0.2, 0) is 0 Å². The number of alkyl halides is 1. The number of rotatable bonds is 1. The van der Waals surface area contributed by atoms with E-state index in [-0.39, 0.29) is 0 Å². The van der Waals surface area contributed by atoms with E-state index in [1.165, 1.54) is 0 Å². The maximum absolute atomic E-state index is 10.5. The predicted molar refractivity (Wildman–Crippen MR) is 15.1 cm³/mol. The third-order valence-electron chi connectivity index (χ3n) is 0.0505. The highest BCUT2D eigenvalue weighted by molar-refractivity contribution is 6.23. The Morgan fingerprint density at radius 2 is 2.25 bits per heavy atom. The average Bonchev–Trinajstić information content (AvgIpc) is 1.37. The lowest BCUT2D eigenvalue weighted by Crippen LogP contribution is -1.55. The second kappa shape index (κ2) is 3.22. The molecule has 0 saturated heterocycles. The van der Waals surface area contributed by atoms with Gasteiger partial charge in [-0.2, -0.15) is 0 Å². The molecule has 24 valence electrons. The van der Waals surface area contributed by atoms with Crippen LogP contribution in [0.3, 0.4) is 0 Å². The molecule has 0 aromatic heterocycles. The molecule has 0 atom stereocenters. The molecule has 0 amide bonds. The maximum atomic E-state index is 10.5. The molecule has 0 heterocycles. The summed E-state index contributed by atoms with van der Waals surface area (Å²) >= 11 is 4.56. The zero-order chi connectivity index (χ0) is 3.41. The van der Waals surface area contributed by atoms with Crippen LogP contribution in [-0.4, -0.2) is 6.67 Å². The minimum atomic E-state index is -0.665. The van der Waals surface area contributed by atoms with E-state index in [0.29, 0.717) is 0 Å². The van der Waals surface area contributed by atoms with Gasteiger partial charge in [0.15, 0.2) is 0 Å². The summed E-state index contributed by atoms with van der Waals surface area (Å²) < 4.78 is 10.5. The molecular formula is C2H2ClF. The molecule has 0 aliphatic rings. The van der Waals surface area contributed by atoms with Gasteiger partial charge < -0.3 is 0 Å². The molecule has 0 aromatic rings. The first kappa shape index (κ1) is 4.22. The van der Waals surface area contributed by atoms with Crippen molar-refractivity contribution in [1.29, 1.82) is 0 Å². The van der Waals surface area contributed by atoms with Crippen molar-refractivity contribution in [2.24, 2.45) is 0 Å². The molecule has 0 fully saturated rings. The molecule has 0 saturated carbocycles. The van der Waals surface area contributed by atoms with Crippen molar-refractivity contribution in [2.45, 2.75) is 0 Å². The van der Waals surface area contributed by atoms with Gasteiger partial charge in [-0.3, -0.25) is 0 Å². The van der Waals surface area contributed by atoms with E-state index < -0.39 is 6.67 Å². The second-order valence-electron chi connectivity index (χ2n) is 0.267. The molecular weight excluding hydrogens is 78.5 g/mol. The Bertz CT molecular complexity index is 8.00. The molecule has 0 rings (SSSR count). The van der Waals surface area contributed by atoms with Gasteiger partial charge in [0, 0.05) is 0 Å². The van der Waals surface area contributed by atoms with E-state index in [4.69, 9.17) is 0 Å². The zero-order valence-corrected chi connectivity index (χ0v) is 2.72. The predicted octanol–water partition coefficient (Wildman–Crippen LogP) is 1.23. The highest BCUT2D eigenvalue weighted by Crippen LogP contribution is 1.79. The zero-order valence-electron chi connectivity index (χ0n) is 1.96. The molecule has 0 aromatic carbocycles. The van der Waals surface area contributed by atoms with Crippen molar-refractivity contribution in [3.05, 3.63) is 5.88 Å². The minimum absolute atomic E-state index is 0.665. The largest absolute Gasteiger partial charge is 0.249 e. The Hall–Kier alpha value is 0.220. The summed E-state index contributed by atoms with van der Waals surface area (Å²) in [6.07, 6.45) is 0. The lowest BCUT2D eigenvalue weighted by atomic mass is 10.9. The van der Waals surface area contributed by atoms with E-state index in [1.807, 2.05) is 0 Å². The van der Waals surface area contributed by atoms with E-state index in [2.05, 4.69) is 11.6 Å². The van der Waals surface area contributed by atoms with E-state index in [0.717, 1.165) is 0 Å². The van der Waals surface area contributed by atoms with Gasteiger partial charge in [-0.15, -0.1) is 11.6 Å². The van der Waals surface area contributed by atoms with Gasteiger partial charge in [0.25, 0.3) is 0 Å². The molecule has 2 heteroatoms. The fourth-order valence-corrected chi connectivity index (χ4v) is 0.